The Hall–Kier alpha value is -1.55. The van der Waals surface area contributed by atoms with Crippen LogP contribution in [0.3, 0.4) is 0 Å². The molecule has 0 aliphatic carbocycles. The van der Waals surface area contributed by atoms with Gasteiger partial charge in [0.25, 0.3) is 0 Å². The first-order chi connectivity index (χ1) is 8.79. The summed E-state index contributed by atoms with van der Waals surface area (Å²) >= 11 is 0. The highest BCUT2D eigenvalue weighted by atomic mass is 15.1. The second-order valence-corrected chi connectivity index (χ2v) is 4.73. The fraction of sp³-hybridized carbons (Fsp3) is 0.500. The molecule has 0 amide bonds. The molecule has 0 bridgehead atoms. The SMILES string of the molecule is CCCn1cccc1CNC(C)Cn1ccnc1. The van der Waals surface area contributed by atoms with Gasteiger partial charge in [-0.25, -0.2) is 4.98 Å². The molecule has 98 valence electrons. The number of nitrogens with zero attached hydrogens (tertiary/aromatic N) is 3. The van der Waals surface area contributed by atoms with Gasteiger partial charge in [0.15, 0.2) is 0 Å². The van der Waals surface area contributed by atoms with Crippen molar-refractivity contribution in [3.63, 3.8) is 0 Å². The van der Waals surface area contributed by atoms with Gasteiger partial charge in [-0.15, -0.1) is 0 Å². The van der Waals surface area contributed by atoms with Crippen molar-refractivity contribution < 1.29 is 0 Å². The number of aryl methyl sites for hydroxylation is 1. The Morgan fingerprint density at radius 1 is 1.39 bits per heavy atom. The highest BCUT2D eigenvalue weighted by Crippen LogP contribution is 2.04. The Morgan fingerprint density at radius 2 is 2.28 bits per heavy atom. The Labute approximate surface area is 109 Å². The normalized spacial score (nSPS) is 12.8. The lowest BCUT2D eigenvalue weighted by Gasteiger charge is -2.15. The first-order valence-electron chi connectivity index (χ1n) is 6.62. The third-order valence-corrected chi connectivity index (χ3v) is 3.06. The molecule has 1 atom stereocenters. The van der Waals surface area contributed by atoms with Crippen molar-refractivity contribution in [1.29, 1.82) is 0 Å². The minimum atomic E-state index is 0.434. The van der Waals surface area contributed by atoms with E-state index in [0.29, 0.717) is 6.04 Å². The predicted octanol–water partition coefficient (Wildman–Crippen LogP) is 2.27. The van der Waals surface area contributed by atoms with Crippen molar-refractivity contribution >= 4 is 0 Å². The lowest BCUT2D eigenvalue weighted by Crippen LogP contribution is -2.30. The molecular formula is C14H22N4. The van der Waals surface area contributed by atoms with Crippen LogP contribution in [-0.2, 0) is 19.6 Å². The summed E-state index contributed by atoms with van der Waals surface area (Å²) < 4.78 is 4.42. The molecular weight excluding hydrogens is 224 g/mol. The van der Waals surface area contributed by atoms with Crippen molar-refractivity contribution in [3.8, 4) is 0 Å². The Morgan fingerprint density at radius 3 is 3.00 bits per heavy atom. The quantitative estimate of drug-likeness (QED) is 0.813. The zero-order valence-electron chi connectivity index (χ0n) is 11.2. The maximum Gasteiger partial charge on any atom is 0.0946 e. The summed E-state index contributed by atoms with van der Waals surface area (Å²) in [4.78, 5) is 4.05. The molecule has 0 fully saturated rings. The Kier molecular flexibility index (Phi) is 4.59. The Balaban J connectivity index is 1.81. The molecule has 2 aromatic rings. The van der Waals surface area contributed by atoms with E-state index in [1.54, 1.807) is 0 Å². The second-order valence-electron chi connectivity index (χ2n) is 4.73. The van der Waals surface area contributed by atoms with E-state index in [1.165, 1.54) is 12.1 Å². The minimum Gasteiger partial charge on any atom is -0.350 e. The fourth-order valence-corrected chi connectivity index (χ4v) is 2.12. The van der Waals surface area contributed by atoms with E-state index in [0.717, 1.165) is 19.6 Å². The summed E-state index contributed by atoms with van der Waals surface area (Å²) in [5, 5.41) is 3.55. The molecule has 2 rings (SSSR count). The van der Waals surface area contributed by atoms with Gasteiger partial charge in [-0.05, 0) is 25.5 Å². The van der Waals surface area contributed by atoms with E-state index in [9.17, 15) is 0 Å². The van der Waals surface area contributed by atoms with Crippen LogP contribution >= 0.6 is 0 Å². The van der Waals surface area contributed by atoms with Gasteiger partial charge in [-0.1, -0.05) is 6.92 Å². The molecule has 0 aliphatic heterocycles. The predicted molar refractivity (Wildman–Crippen MR) is 73.3 cm³/mol. The number of rotatable bonds is 7. The molecule has 0 aromatic carbocycles. The number of aromatic nitrogens is 3. The number of imidazole rings is 1. The van der Waals surface area contributed by atoms with Crippen molar-refractivity contribution in [2.75, 3.05) is 0 Å². The summed E-state index contributed by atoms with van der Waals surface area (Å²) in [6.45, 7) is 7.38. The summed E-state index contributed by atoms with van der Waals surface area (Å²) in [5.41, 5.74) is 1.36. The smallest absolute Gasteiger partial charge is 0.0946 e. The fourth-order valence-electron chi connectivity index (χ4n) is 2.12. The van der Waals surface area contributed by atoms with Gasteiger partial charge >= 0.3 is 0 Å². The van der Waals surface area contributed by atoms with Gasteiger partial charge in [-0.3, -0.25) is 0 Å². The van der Waals surface area contributed by atoms with E-state index in [1.807, 2.05) is 18.7 Å². The van der Waals surface area contributed by atoms with Gasteiger partial charge < -0.3 is 14.5 Å². The van der Waals surface area contributed by atoms with Crippen LogP contribution in [0.15, 0.2) is 37.1 Å². The lowest BCUT2D eigenvalue weighted by molar-refractivity contribution is 0.465. The minimum absolute atomic E-state index is 0.434. The topological polar surface area (TPSA) is 34.8 Å². The van der Waals surface area contributed by atoms with Crippen molar-refractivity contribution in [2.24, 2.45) is 0 Å². The average Bonchev–Trinajstić information content (AvgIpc) is 2.99. The average molecular weight is 246 g/mol. The van der Waals surface area contributed by atoms with Crippen LogP contribution in [-0.4, -0.2) is 20.2 Å². The molecule has 2 heterocycles. The van der Waals surface area contributed by atoms with Crippen LogP contribution in [0.2, 0.25) is 0 Å². The van der Waals surface area contributed by atoms with E-state index in [-0.39, 0.29) is 0 Å². The monoisotopic (exact) mass is 246 g/mol. The zero-order chi connectivity index (χ0) is 12.8. The number of hydrogen-bond donors (Lipinski definition) is 1. The van der Waals surface area contributed by atoms with Gasteiger partial charge in [0, 0.05) is 50.0 Å². The number of hydrogen-bond acceptors (Lipinski definition) is 2. The van der Waals surface area contributed by atoms with E-state index >= 15 is 0 Å². The van der Waals surface area contributed by atoms with Gasteiger partial charge in [0.05, 0.1) is 6.33 Å². The van der Waals surface area contributed by atoms with Gasteiger partial charge in [0.1, 0.15) is 0 Å². The second kappa shape index (κ2) is 6.40. The number of nitrogens with one attached hydrogen (secondary N) is 1. The first kappa shape index (κ1) is 12.9. The molecule has 0 aliphatic rings. The van der Waals surface area contributed by atoms with Crippen LogP contribution < -0.4 is 5.32 Å². The molecule has 0 saturated heterocycles. The van der Waals surface area contributed by atoms with Crippen LogP contribution in [0.25, 0.3) is 0 Å². The van der Waals surface area contributed by atoms with Crippen LogP contribution in [0.4, 0.5) is 0 Å². The van der Waals surface area contributed by atoms with Crippen molar-refractivity contribution in [2.45, 2.75) is 45.9 Å². The summed E-state index contributed by atoms with van der Waals surface area (Å²) in [6, 6.07) is 4.74. The maximum absolute atomic E-state index is 4.05. The largest absolute Gasteiger partial charge is 0.350 e. The third-order valence-electron chi connectivity index (χ3n) is 3.06. The first-order valence-corrected chi connectivity index (χ1v) is 6.62. The molecule has 1 unspecified atom stereocenters. The maximum atomic E-state index is 4.05. The van der Waals surface area contributed by atoms with E-state index < -0.39 is 0 Å². The lowest BCUT2D eigenvalue weighted by atomic mass is 10.3. The van der Waals surface area contributed by atoms with Crippen LogP contribution in [0, 0.1) is 0 Å². The van der Waals surface area contributed by atoms with Crippen LogP contribution in [0.1, 0.15) is 26.0 Å². The summed E-state index contributed by atoms with van der Waals surface area (Å²) in [7, 11) is 0. The highest BCUT2D eigenvalue weighted by Gasteiger charge is 2.04. The molecule has 2 aromatic heterocycles. The highest BCUT2D eigenvalue weighted by molar-refractivity contribution is 5.07. The van der Waals surface area contributed by atoms with E-state index in [2.05, 4.69) is 51.6 Å². The molecule has 0 radical (unpaired) electrons. The van der Waals surface area contributed by atoms with Crippen LogP contribution in [0.5, 0.6) is 0 Å². The third kappa shape index (κ3) is 3.47. The molecule has 4 nitrogen and oxygen atoms in total. The standard InChI is InChI=1S/C14H22N4/c1-3-7-18-8-4-5-14(18)10-16-13(2)11-17-9-6-15-12-17/h4-6,8-9,12-13,16H,3,7,10-11H2,1-2H3. The van der Waals surface area contributed by atoms with Crippen molar-refractivity contribution in [3.05, 3.63) is 42.7 Å². The molecule has 0 saturated carbocycles. The van der Waals surface area contributed by atoms with Gasteiger partial charge in [-0.2, -0.15) is 0 Å². The molecule has 18 heavy (non-hydrogen) atoms. The molecule has 4 heteroatoms. The molecule has 0 spiro atoms. The van der Waals surface area contributed by atoms with Gasteiger partial charge in [0.2, 0.25) is 0 Å². The van der Waals surface area contributed by atoms with E-state index in [4.69, 9.17) is 0 Å². The van der Waals surface area contributed by atoms with Crippen molar-refractivity contribution in [1.82, 2.24) is 19.4 Å². The molecule has 1 N–H and O–H groups in total. The summed E-state index contributed by atoms with van der Waals surface area (Å²) in [5.74, 6) is 0. The zero-order valence-corrected chi connectivity index (χ0v) is 11.2. The summed E-state index contributed by atoms with van der Waals surface area (Å²) in [6.07, 6.45) is 9.00. The Bertz CT molecular complexity index is 444.